The molecule has 0 amide bonds. The Morgan fingerprint density at radius 2 is 1.75 bits per heavy atom. The normalized spacial score (nSPS) is 10.8. The van der Waals surface area contributed by atoms with Gasteiger partial charge < -0.3 is 4.98 Å². The Kier molecular flexibility index (Phi) is 1.93. The SMILES string of the molecule is Cc1ccc(-c2nc3nccnc3[nH]2)cc1. The first kappa shape index (κ1) is 9.03. The van der Waals surface area contributed by atoms with Crippen LogP contribution in [0.25, 0.3) is 22.7 Å². The molecule has 0 radical (unpaired) electrons. The highest BCUT2D eigenvalue weighted by molar-refractivity contribution is 5.71. The molecule has 0 atom stereocenters. The van der Waals surface area contributed by atoms with Crippen molar-refractivity contribution in [2.24, 2.45) is 0 Å². The molecule has 16 heavy (non-hydrogen) atoms. The van der Waals surface area contributed by atoms with Gasteiger partial charge in [0.15, 0.2) is 11.3 Å². The number of nitrogens with zero attached hydrogens (tertiary/aromatic N) is 3. The molecule has 4 heteroatoms. The standard InChI is InChI=1S/C12H10N4/c1-8-2-4-9(5-3-8)10-15-11-12(16-10)14-7-6-13-11/h2-7H,1H3,(H,13,14,15,16). The third-order valence-electron chi connectivity index (χ3n) is 2.46. The second kappa shape index (κ2) is 3.41. The Balaban J connectivity index is 2.15. The van der Waals surface area contributed by atoms with Crippen molar-refractivity contribution in [2.45, 2.75) is 6.92 Å². The lowest BCUT2D eigenvalue weighted by molar-refractivity contribution is 1.26. The molecular weight excluding hydrogens is 200 g/mol. The summed E-state index contributed by atoms with van der Waals surface area (Å²) in [6.45, 7) is 2.06. The number of imidazole rings is 1. The van der Waals surface area contributed by atoms with E-state index in [0.29, 0.717) is 5.65 Å². The number of nitrogens with one attached hydrogen (secondary N) is 1. The van der Waals surface area contributed by atoms with E-state index in [-0.39, 0.29) is 0 Å². The van der Waals surface area contributed by atoms with Crippen molar-refractivity contribution >= 4 is 11.3 Å². The first-order chi connectivity index (χ1) is 7.83. The Hall–Kier alpha value is -2.23. The molecular formula is C12H10N4. The summed E-state index contributed by atoms with van der Waals surface area (Å²) in [6, 6.07) is 8.19. The lowest BCUT2D eigenvalue weighted by Gasteiger charge is -1.96. The molecule has 0 unspecified atom stereocenters. The fraction of sp³-hybridized carbons (Fsp3) is 0.0833. The van der Waals surface area contributed by atoms with Gasteiger partial charge in [0.2, 0.25) is 0 Å². The Morgan fingerprint density at radius 3 is 2.50 bits per heavy atom. The van der Waals surface area contributed by atoms with Crippen LogP contribution in [0.1, 0.15) is 5.56 Å². The molecule has 3 aromatic rings. The molecule has 0 saturated carbocycles. The molecule has 0 aliphatic rings. The number of rotatable bonds is 1. The van der Waals surface area contributed by atoms with Gasteiger partial charge in [-0.2, -0.15) is 0 Å². The van der Waals surface area contributed by atoms with Crippen LogP contribution in [0.5, 0.6) is 0 Å². The van der Waals surface area contributed by atoms with Crippen molar-refractivity contribution in [3.63, 3.8) is 0 Å². The number of fused-ring (bicyclic) bond motifs is 1. The number of hydrogen-bond acceptors (Lipinski definition) is 3. The zero-order valence-corrected chi connectivity index (χ0v) is 8.81. The molecule has 1 N–H and O–H groups in total. The minimum absolute atomic E-state index is 0.651. The fourth-order valence-corrected chi connectivity index (χ4v) is 1.59. The van der Waals surface area contributed by atoms with Crippen LogP contribution in [0.2, 0.25) is 0 Å². The van der Waals surface area contributed by atoms with Gasteiger partial charge in [0.25, 0.3) is 0 Å². The van der Waals surface area contributed by atoms with Gasteiger partial charge in [-0.3, -0.25) is 0 Å². The van der Waals surface area contributed by atoms with Crippen molar-refractivity contribution in [3.05, 3.63) is 42.2 Å². The number of H-pyrrole nitrogens is 1. The molecule has 0 saturated heterocycles. The van der Waals surface area contributed by atoms with E-state index < -0.39 is 0 Å². The average molecular weight is 210 g/mol. The van der Waals surface area contributed by atoms with E-state index in [2.05, 4.69) is 39.0 Å². The second-order valence-electron chi connectivity index (χ2n) is 3.68. The van der Waals surface area contributed by atoms with Crippen LogP contribution >= 0.6 is 0 Å². The molecule has 0 bridgehead atoms. The average Bonchev–Trinajstić information content (AvgIpc) is 2.73. The first-order valence-corrected chi connectivity index (χ1v) is 5.07. The molecule has 0 fully saturated rings. The maximum atomic E-state index is 4.38. The van der Waals surface area contributed by atoms with Crippen LogP contribution in [0, 0.1) is 6.92 Å². The number of aromatic amines is 1. The van der Waals surface area contributed by atoms with Crippen LogP contribution in [-0.2, 0) is 0 Å². The minimum Gasteiger partial charge on any atom is -0.321 e. The zero-order valence-electron chi connectivity index (χ0n) is 8.81. The van der Waals surface area contributed by atoms with Crippen LogP contribution in [0.15, 0.2) is 36.7 Å². The molecule has 1 aromatic carbocycles. The third-order valence-corrected chi connectivity index (χ3v) is 2.46. The zero-order chi connectivity index (χ0) is 11.0. The van der Waals surface area contributed by atoms with Crippen molar-refractivity contribution in [1.29, 1.82) is 0 Å². The highest BCUT2D eigenvalue weighted by Gasteiger charge is 2.05. The topological polar surface area (TPSA) is 54.5 Å². The van der Waals surface area contributed by atoms with Gasteiger partial charge in [0.1, 0.15) is 5.82 Å². The Labute approximate surface area is 92.4 Å². The van der Waals surface area contributed by atoms with Crippen molar-refractivity contribution in [2.75, 3.05) is 0 Å². The number of aryl methyl sites for hydroxylation is 1. The maximum Gasteiger partial charge on any atom is 0.197 e. The summed E-state index contributed by atoms with van der Waals surface area (Å²) in [5, 5.41) is 0. The van der Waals surface area contributed by atoms with Crippen molar-refractivity contribution in [1.82, 2.24) is 19.9 Å². The van der Waals surface area contributed by atoms with Crippen LogP contribution in [0.4, 0.5) is 0 Å². The first-order valence-electron chi connectivity index (χ1n) is 5.07. The summed E-state index contributed by atoms with van der Waals surface area (Å²) in [5.41, 5.74) is 3.65. The molecule has 3 rings (SSSR count). The Morgan fingerprint density at radius 1 is 1.00 bits per heavy atom. The quantitative estimate of drug-likeness (QED) is 0.670. The van der Waals surface area contributed by atoms with E-state index in [1.54, 1.807) is 12.4 Å². The summed E-state index contributed by atoms with van der Waals surface area (Å²) in [7, 11) is 0. The van der Waals surface area contributed by atoms with Gasteiger partial charge in [-0.1, -0.05) is 29.8 Å². The van der Waals surface area contributed by atoms with Crippen LogP contribution < -0.4 is 0 Å². The summed E-state index contributed by atoms with van der Waals surface area (Å²) in [4.78, 5) is 15.8. The second-order valence-corrected chi connectivity index (χ2v) is 3.68. The summed E-state index contributed by atoms with van der Waals surface area (Å²) >= 11 is 0. The van der Waals surface area contributed by atoms with Gasteiger partial charge in [-0.05, 0) is 6.92 Å². The lowest BCUT2D eigenvalue weighted by Crippen LogP contribution is -1.80. The van der Waals surface area contributed by atoms with E-state index in [0.717, 1.165) is 17.0 Å². The fourth-order valence-electron chi connectivity index (χ4n) is 1.59. The Bertz CT molecular complexity index is 592. The van der Waals surface area contributed by atoms with Crippen LogP contribution in [-0.4, -0.2) is 19.9 Å². The van der Waals surface area contributed by atoms with E-state index >= 15 is 0 Å². The predicted molar refractivity (Wildman–Crippen MR) is 61.9 cm³/mol. The maximum absolute atomic E-state index is 4.38. The number of aromatic nitrogens is 4. The largest absolute Gasteiger partial charge is 0.321 e. The smallest absolute Gasteiger partial charge is 0.197 e. The molecule has 78 valence electrons. The van der Waals surface area contributed by atoms with Gasteiger partial charge in [0, 0.05) is 18.0 Å². The van der Waals surface area contributed by atoms with Gasteiger partial charge in [-0.15, -0.1) is 0 Å². The molecule has 2 aromatic heterocycles. The van der Waals surface area contributed by atoms with Gasteiger partial charge in [-0.25, -0.2) is 15.0 Å². The van der Waals surface area contributed by atoms with E-state index in [9.17, 15) is 0 Å². The van der Waals surface area contributed by atoms with E-state index in [1.807, 2.05) is 12.1 Å². The summed E-state index contributed by atoms with van der Waals surface area (Å²) in [5.74, 6) is 0.807. The number of hydrogen-bond donors (Lipinski definition) is 1. The van der Waals surface area contributed by atoms with Crippen molar-refractivity contribution < 1.29 is 0 Å². The number of benzene rings is 1. The highest BCUT2D eigenvalue weighted by atomic mass is 15.0. The summed E-state index contributed by atoms with van der Waals surface area (Å²) < 4.78 is 0. The minimum atomic E-state index is 0.651. The monoisotopic (exact) mass is 210 g/mol. The molecule has 0 aliphatic carbocycles. The summed E-state index contributed by atoms with van der Waals surface area (Å²) in [6.07, 6.45) is 3.29. The lowest BCUT2D eigenvalue weighted by atomic mass is 10.1. The molecule has 0 spiro atoms. The molecule has 2 heterocycles. The van der Waals surface area contributed by atoms with Crippen molar-refractivity contribution in [3.8, 4) is 11.4 Å². The van der Waals surface area contributed by atoms with Gasteiger partial charge in [0.05, 0.1) is 0 Å². The molecule has 0 aliphatic heterocycles. The third kappa shape index (κ3) is 1.44. The predicted octanol–water partition coefficient (Wildman–Crippen LogP) is 2.33. The highest BCUT2D eigenvalue weighted by Crippen LogP contribution is 2.18. The van der Waals surface area contributed by atoms with E-state index in [4.69, 9.17) is 0 Å². The van der Waals surface area contributed by atoms with Crippen LogP contribution in [0.3, 0.4) is 0 Å². The van der Waals surface area contributed by atoms with E-state index in [1.165, 1.54) is 5.56 Å². The molecule has 4 nitrogen and oxygen atoms in total. The van der Waals surface area contributed by atoms with Gasteiger partial charge >= 0.3 is 0 Å².